The van der Waals surface area contributed by atoms with Crippen LogP contribution in [-0.2, 0) is 4.74 Å². The van der Waals surface area contributed by atoms with E-state index in [1.54, 1.807) is 0 Å². The van der Waals surface area contributed by atoms with E-state index in [0.29, 0.717) is 6.10 Å². The summed E-state index contributed by atoms with van der Waals surface area (Å²) in [4.78, 5) is 0. The predicted molar refractivity (Wildman–Crippen MR) is 54.7 cm³/mol. The third-order valence-corrected chi connectivity index (χ3v) is 1.78. The van der Waals surface area contributed by atoms with Gasteiger partial charge in [-0.3, -0.25) is 0 Å². The van der Waals surface area contributed by atoms with E-state index in [0.717, 1.165) is 19.7 Å². The molecular formula is C11H17NO. The summed E-state index contributed by atoms with van der Waals surface area (Å²) >= 11 is 0. The van der Waals surface area contributed by atoms with Crippen molar-refractivity contribution in [3.8, 4) is 0 Å². The Labute approximate surface area is 79.9 Å². The van der Waals surface area contributed by atoms with E-state index >= 15 is 0 Å². The van der Waals surface area contributed by atoms with Gasteiger partial charge < -0.3 is 10.1 Å². The first-order valence-corrected chi connectivity index (χ1v) is 4.72. The highest BCUT2D eigenvalue weighted by Crippen LogP contribution is 1.91. The SMILES string of the molecule is CC1CNCCO1.c1ccccc1. The normalized spacial score (nSPS) is 21.5. The van der Waals surface area contributed by atoms with Gasteiger partial charge in [0, 0.05) is 13.1 Å². The molecule has 0 amide bonds. The molecule has 1 heterocycles. The third-order valence-electron chi connectivity index (χ3n) is 1.78. The molecule has 1 fully saturated rings. The van der Waals surface area contributed by atoms with Crippen LogP contribution in [0.3, 0.4) is 0 Å². The molecule has 72 valence electrons. The first-order valence-electron chi connectivity index (χ1n) is 4.72. The van der Waals surface area contributed by atoms with Crippen LogP contribution >= 0.6 is 0 Å². The molecule has 1 unspecified atom stereocenters. The third kappa shape index (κ3) is 5.39. The summed E-state index contributed by atoms with van der Waals surface area (Å²) in [7, 11) is 0. The molecule has 0 radical (unpaired) electrons. The molecule has 1 saturated heterocycles. The summed E-state index contributed by atoms with van der Waals surface area (Å²) in [6.07, 6.45) is 0.425. The van der Waals surface area contributed by atoms with E-state index in [2.05, 4.69) is 12.2 Å². The van der Waals surface area contributed by atoms with Crippen molar-refractivity contribution in [1.29, 1.82) is 0 Å². The number of nitrogens with one attached hydrogen (secondary N) is 1. The average molecular weight is 179 g/mol. The van der Waals surface area contributed by atoms with E-state index in [1.165, 1.54) is 0 Å². The van der Waals surface area contributed by atoms with E-state index in [1.807, 2.05) is 36.4 Å². The van der Waals surface area contributed by atoms with Gasteiger partial charge in [-0.1, -0.05) is 36.4 Å². The fourth-order valence-electron chi connectivity index (χ4n) is 1.08. The van der Waals surface area contributed by atoms with Crippen LogP contribution in [0, 0.1) is 0 Å². The molecule has 2 rings (SSSR count). The van der Waals surface area contributed by atoms with Gasteiger partial charge in [0.15, 0.2) is 0 Å². The molecule has 1 aromatic carbocycles. The van der Waals surface area contributed by atoms with Crippen LogP contribution in [0.2, 0.25) is 0 Å². The summed E-state index contributed by atoms with van der Waals surface area (Å²) in [5.41, 5.74) is 0. The van der Waals surface area contributed by atoms with Gasteiger partial charge in [0.2, 0.25) is 0 Å². The van der Waals surface area contributed by atoms with Gasteiger partial charge >= 0.3 is 0 Å². The lowest BCUT2D eigenvalue weighted by Crippen LogP contribution is -2.36. The van der Waals surface area contributed by atoms with E-state index in [-0.39, 0.29) is 0 Å². The summed E-state index contributed by atoms with van der Waals surface area (Å²) < 4.78 is 5.22. The van der Waals surface area contributed by atoms with Crippen molar-refractivity contribution in [2.24, 2.45) is 0 Å². The standard InChI is InChI=1S/C6H6.C5H11NO/c1-2-4-6-5-3-1;1-5-4-6-2-3-7-5/h1-6H;5-6H,2-4H2,1H3. The molecule has 1 N–H and O–H groups in total. The van der Waals surface area contributed by atoms with Crippen molar-refractivity contribution in [2.45, 2.75) is 13.0 Å². The van der Waals surface area contributed by atoms with Crippen molar-refractivity contribution in [2.75, 3.05) is 19.7 Å². The Kier molecular flexibility index (Phi) is 5.22. The maximum Gasteiger partial charge on any atom is 0.0672 e. The van der Waals surface area contributed by atoms with Crippen molar-refractivity contribution in [3.05, 3.63) is 36.4 Å². The number of morpholine rings is 1. The average Bonchev–Trinajstić information content (AvgIpc) is 2.22. The second-order valence-electron chi connectivity index (χ2n) is 3.04. The Balaban J connectivity index is 0.000000132. The lowest BCUT2D eigenvalue weighted by molar-refractivity contribution is 0.0410. The van der Waals surface area contributed by atoms with Crippen LogP contribution in [0.1, 0.15) is 6.92 Å². The highest BCUT2D eigenvalue weighted by atomic mass is 16.5. The predicted octanol–water partition coefficient (Wildman–Crippen LogP) is 1.68. The van der Waals surface area contributed by atoms with Gasteiger partial charge in [-0.2, -0.15) is 0 Å². The Morgan fingerprint density at radius 1 is 1.08 bits per heavy atom. The van der Waals surface area contributed by atoms with Crippen LogP contribution in [0.5, 0.6) is 0 Å². The molecule has 0 spiro atoms. The van der Waals surface area contributed by atoms with Gasteiger partial charge in [-0.25, -0.2) is 0 Å². The summed E-state index contributed by atoms with van der Waals surface area (Å²) in [5.74, 6) is 0. The minimum Gasteiger partial charge on any atom is -0.376 e. The second kappa shape index (κ2) is 6.63. The summed E-state index contributed by atoms with van der Waals surface area (Å²) in [6.45, 7) is 4.98. The lowest BCUT2D eigenvalue weighted by atomic mass is 10.3. The fourth-order valence-corrected chi connectivity index (χ4v) is 1.08. The van der Waals surface area contributed by atoms with Crippen LogP contribution < -0.4 is 5.32 Å². The molecule has 13 heavy (non-hydrogen) atoms. The Hall–Kier alpha value is -0.860. The Morgan fingerprint density at radius 2 is 1.62 bits per heavy atom. The van der Waals surface area contributed by atoms with Crippen molar-refractivity contribution in [1.82, 2.24) is 5.32 Å². The molecule has 1 aliphatic heterocycles. The Bertz CT molecular complexity index is 168. The lowest BCUT2D eigenvalue weighted by Gasteiger charge is -2.18. The molecule has 0 saturated carbocycles. The minimum absolute atomic E-state index is 0.425. The molecule has 1 aliphatic rings. The Morgan fingerprint density at radius 3 is 1.85 bits per heavy atom. The quantitative estimate of drug-likeness (QED) is 0.654. The topological polar surface area (TPSA) is 21.3 Å². The fraction of sp³-hybridized carbons (Fsp3) is 0.455. The zero-order valence-electron chi connectivity index (χ0n) is 8.07. The minimum atomic E-state index is 0.425. The van der Waals surface area contributed by atoms with Gasteiger partial charge in [-0.15, -0.1) is 0 Å². The number of rotatable bonds is 0. The molecule has 2 heteroatoms. The number of hydrogen-bond acceptors (Lipinski definition) is 2. The van der Waals surface area contributed by atoms with Gasteiger partial charge in [0.1, 0.15) is 0 Å². The smallest absolute Gasteiger partial charge is 0.0672 e. The summed E-state index contributed by atoms with van der Waals surface area (Å²) in [5, 5.41) is 3.21. The number of benzene rings is 1. The molecule has 1 aromatic rings. The van der Waals surface area contributed by atoms with E-state index in [9.17, 15) is 0 Å². The van der Waals surface area contributed by atoms with E-state index in [4.69, 9.17) is 4.74 Å². The van der Waals surface area contributed by atoms with E-state index < -0.39 is 0 Å². The van der Waals surface area contributed by atoms with Gasteiger partial charge in [0.25, 0.3) is 0 Å². The summed E-state index contributed by atoms with van der Waals surface area (Å²) in [6, 6.07) is 12.0. The maximum absolute atomic E-state index is 5.22. The molecule has 0 aliphatic carbocycles. The first kappa shape index (κ1) is 10.2. The van der Waals surface area contributed by atoms with Crippen LogP contribution in [0.25, 0.3) is 0 Å². The number of ether oxygens (including phenoxy) is 1. The molecule has 2 nitrogen and oxygen atoms in total. The molecule has 0 aromatic heterocycles. The maximum atomic E-state index is 5.22. The van der Waals surface area contributed by atoms with Crippen molar-refractivity contribution < 1.29 is 4.74 Å². The molecule has 1 atom stereocenters. The molecular weight excluding hydrogens is 162 g/mol. The highest BCUT2D eigenvalue weighted by molar-refractivity contribution is 4.99. The monoisotopic (exact) mass is 179 g/mol. The second-order valence-corrected chi connectivity index (χ2v) is 3.04. The highest BCUT2D eigenvalue weighted by Gasteiger charge is 2.04. The van der Waals surface area contributed by atoms with Crippen LogP contribution in [-0.4, -0.2) is 25.8 Å². The largest absolute Gasteiger partial charge is 0.376 e. The zero-order valence-corrected chi connectivity index (χ0v) is 8.07. The molecule has 0 bridgehead atoms. The van der Waals surface area contributed by atoms with Gasteiger partial charge in [0.05, 0.1) is 12.7 Å². The first-order chi connectivity index (χ1) is 6.39. The van der Waals surface area contributed by atoms with Gasteiger partial charge in [-0.05, 0) is 6.92 Å². The van der Waals surface area contributed by atoms with Crippen molar-refractivity contribution >= 4 is 0 Å². The van der Waals surface area contributed by atoms with Crippen LogP contribution in [0.4, 0.5) is 0 Å². The van der Waals surface area contributed by atoms with Crippen LogP contribution in [0.15, 0.2) is 36.4 Å². The zero-order chi connectivity index (χ0) is 9.36. The van der Waals surface area contributed by atoms with Crippen molar-refractivity contribution in [3.63, 3.8) is 0 Å². The number of hydrogen-bond donors (Lipinski definition) is 1.